The lowest BCUT2D eigenvalue weighted by Gasteiger charge is -2.20. The molecule has 1 fully saturated rings. The summed E-state index contributed by atoms with van der Waals surface area (Å²) in [5, 5.41) is 2.71. The maximum atomic E-state index is 11.8. The van der Waals surface area contributed by atoms with Crippen LogP contribution in [0.1, 0.15) is 34.6 Å². The van der Waals surface area contributed by atoms with Gasteiger partial charge in [0.25, 0.3) is 0 Å². The minimum atomic E-state index is -0.524. The van der Waals surface area contributed by atoms with Crippen LogP contribution < -0.4 is 10.8 Å². The van der Waals surface area contributed by atoms with Gasteiger partial charge in [-0.3, -0.25) is 5.32 Å². The highest BCUT2D eigenvalue weighted by Gasteiger charge is 2.38. The molecule has 1 aromatic rings. The number of carbonyl (C=O) groups is 1. The van der Waals surface area contributed by atoms with Crippen LogP contribution in [0.5, 0.6) is 0 Å². The second-order valence-corrected chi connectivity index (χ2v) is 6.77. The van der Waals surface area contributed by atoms with Crippen molar-refractivity contribution in [3.63, 3.8) is 0 Å². The number of carbonyl (C=O) groups excluding carboxylic acids is 1. The van der Waals surface area contributed by atoms with Crippen LogP contribution in [-0.4, -0.2) is 31.0 Å². The van der Waals surface area contributed by atoms with Crippen LogP contribution in [0.4, 0.5) is 10.5 Å². The van der Waals surface area contributed by atoms with E-state index in [4.69, 9.17) is 14.0 Å². The molecule has 1 aromatic carbocycles. The second kappa shape index (κ2) is 5.69. The van der Waals surface area contributed by atoms with Crippen molar-refractivity contribution in [1.82, 2.24) is 0 Å². The van der Waals surface area contributed by atoms with Gasteiger partial charge in [0.1, 0.15) is 5.60 Å². The molecule has 0 aromatic heterocycles. The van der Waals surface area contributed by atoms with Gasteiger partial charge in [-0.1, -0.05) is 12.1 Å². The van der Waals surface area contributed by atoms with Gasteiger partial charge in [-0.05, 0) is 52.2 Å². The van der Waals surface area contributed by atoms with Crippen LogP contribution in [-0.2, 0) is 14.0 Å². The van der Waals surface area contributed by atoms with E-state index in [1.165, 1.54) is 0 Å². The first-order valence-electron chi connectivity index (χ1n) is 7.04. The van der Waals surface area contributed by atoms with Gasteiger partial charge in [-0.2, -0.15) is 0 Å². The first-order chi connectivity index (χ1) is 9.65. The Balaban J connectivity index is 2.03. The van der Waals surface area contributed by atoms with Gasteiger partial charge in [-0.15, -0.1) is 0 Å². The zero-order valence-corrected chi connectivity index (χ0v) is 13.2. The van der Waals surface area contributed by atoms with Crippen molar-refractivity contribution in [2.75, 3.05) is 11.9 Å². The largest absolute Gasteiger partial charge is 0.494 e. The predicted octanol–water partition coefficient (Wildman–Crippen LogP) is 2.55. The highest BCUT2D eigenvalue weighted by molar-refractivity contribution is 6.62. The summed E-state index contributed by atoms with van der Waals surface area (Å²) in [4.78, 5) is 11.8. The van der Waals surface area contributed by atoms with Crippen LogP contribution >= 0.6 is 0 Å². The third kappa shape index (κ3) is 4.75. The molecule has 0 spiro atoms. The van der Waals surface area contributed by atoms with Crippen LogP contribution in [0, 0.1) is 0 Å². The van der Waals surface area contributed by atoms with E-state index in [0.29, 0.717) is 12.3 Å². The molecule has 0 bridgehead atoms. The number of amides is 1. The van der Waals surface area contributed by atoms with E-state index < -0.39 is 18.8 Å². The fraction of sp³-hybridized carbons (Fsp3) is 0.533. The second-order valence-electron chi connectivity index (χ2n) is 6.77. The molecule has 0 unspecified atom stereocenters. The Hall–Kier alpha value is -1.53. The third-order valence-corrected chi connectivity index (χ3v) is 2.81. The Kier molecular flexibility index (Phi) is 4.30. The maximum Gasteiger partial charge on any atom is 0.494 e. The van der Waals surface area contributed by atoms with Gasteiger partial charge in [0.05, 0.1) is 12.2 Å². The van der Waals surface area contributed by atoms with Gasteiger partial charge in [0, 0.05) is 5.69 Å². The molecule has 1 aliphatic heterocycles. The summed E-state index contributed by atoms with van der Waals surface area (Å²) in [5.41, 5.74) is 0.704. The zero-order valence-electron chi connectivity index (χ0n) is 13.2. The Morgan fingerprint density at radius 1 is 1.38 bits per heavy atom. The molecular weight excluding hydrogens is 269 g/mol. The van der Waals surface area contributed by atoms with E-state index in [1.54, 1.807) is 6.07 Å². The number of nitrogens with one attached hydrogen (secondary N) is 1. The lowest BCUT2D eigenvalue weighted by Crippen LogP contribution is -2.34. The molecule has 0 saturated carbocycles. The monoisotopic (exact) mass is 291 g/mol. The minimum absolute atomic E-state index is 0.292. The molecule has 6 heteroatoms. The molecule has 1 amide bonds. The topological polar surface area (TPSA) is 56.8 Å². The number of rotatable bonds is 2. The number of anilines is 1. The SMILES string of the molecule is CC(C)(C)OC(=O)Nc1cccc(B2OCC(C)(C)O2)c1. The van der Waals surface area contributed by atoms with Crippen molar-refractivity contribution in [2.45, 2.75) is 45.8 Å². The van der Waals surface area contributed by atoms with Crippen LogP contribution in [0.25, 0.3) is 0 Å². The summed E-state index contributed by atoms with van der Waals surface area (Å²) in [6.45, 7) is 9.98. The lowest BCUT2D eigenvalue weighted by molar-refractivity contribution is 0.0636. The molecule has 0 atom stereocenters. The van der Waals surface area contributed by atoms with Crippen molar-refractivity contribution in [1.29, 1.82) is 0 Å². The van der Waals surface area contributed by atoms with E-state index in [9.17, 15) is 4.79 Å². The lowest BCUT2D eigenvalue weighted by atomic mass is 9.79. The standard InChI is InChI=1S/C15H22BNO4/c1-14(2,3)20-13(18)17-12-8-6-7-11(9-12)16-19-10-15(4,5)21-16/h6-9H,10H2,1-5H3,(H,17,18). The number of ether oxygens (including phenoxy) is 1. The van der Waals surface area contributed by atoms with E-state index in [-0.39, 0.29) is 5.60 Å². The third-order valence-electron chi connectivity index (χ3n) is 2.81. The molecule has 114 valence electrons. The average Bonchev–Trinajstić information content (AvgIpc) is 2.67. The fourth-order valence-corrected chi connectivity index (χ4v) is 1.98. The van der Waals surface area contributed by atoms with Crippen molar-refractivity contribution in [3.05, 3.63) is 24.3 Å². The first-order valence-corrected chi connectivity index (χ1v) is 7.04. The molecule has 1 heterocycles. The van der Waals surface area contributed by atoms with Crippen molar-refractivity contribution in [3.8, 4) is 0 Å². The molecule has 1 aliphatic rings. The van der Waals surface area contributed by atoms with Crippen molar-refractivity contribution < 1.29 is 18.8 Å². The van der Waals surface area contributed by atoms with Gasteiger partial charge in [-0.25, -0.2) is 4.79 Å². The van der Waals surface area contributed by atoms with E-state index in [2.05, 4.69) is 5.32 Å². The first kappa shape index (κ1) is 15.9. The van der Waals surface area contributed by atoms with E-state index in [1.807, 2.05) is 52.8 Å². The molecule has 0 aliphatic carbocycles. The number of hydrogen-bond donors (Lipinski definition) is 1. The molecule has 1 saturated heterocycles. The quantitative estimate of drug-likeness (QED) is 0.851. The molecule has 5 nitrogen and oxygen atoms in total. The summed E-state index contributed by atoms with van der Waals surface area (Å²) >= 11 is 0. The molecule has 1 N–H and O–H groups in total. The summed E-state index contributed by atoms with van der Waals surface area (Å²) in [6.07, 6.45) is -0.478. The predicted molar refractivity (Wildman–Crippen MR) is 82.8 cm³/mol. The Morgan fingerprint density at radius 3 is 2.67 bits per heavy atom. The van der Waals surface area contributed by atoms with Gasteiger partial charge < -0.3 is 14.0 Å². The Bertz CT molecular complexity index is 525. The number of benzene rings is 1. The molecular formula is C15H22BNO4. The van der Waals surface area contributed by atoms with Gasteiger partial charge >= 0.3 is 13.2 Å². The number of hydrogen-bond acceptors (Lipinski definition) is 4. The zero-order chi connectivity index (χ0) is 15.7. The summed E-state index contributed by atoms with van der Waals surface area (Å²) in [7, 11) is -0.402. The minimum Gasteiger partial charge on any atom is -0.444 e. The highest BCUT2D eigenvalue weighted by atomic mass is 16.7. The van der Waals surface area contributed by atoms with Crippen molar-refractivity contribution in [2.24, 2.45) is 0 Å². The van der Waals surface area contributed by atoms with Gasteiger partial charge in [0.15, 0.2) is 0 Å². The van der Waals surface area contributed by atoms with Crippen LogP contribution in [0.3, 0.4) is 0 Å². The molecule has 21 heavy (non-hydrogen) atoms. The maximum absolute atomic E-state index is 11.8. The van der Waals surface area contributed by atoms with Crippen LogP contribution in [0.2, 0.25) is 0 Å². The van der Waals surface area contributed by atoms with E-state index in [0.717, 1.165) is 5.46 Å². The molecule has 2 rings (SSSR count). The summed E-state index contributed by atoms with van der Waals surface area (Å²) in [6, 6.07) is 7.38. The highest BCUT2D eigenvalue weighted by Crippen LogP contribution is 2.20. The Morgan fingerprint density at radius 2 is 2.10 bits per heavy atom. The smallest absolute Gasteiger partial charge is 0.444 e. The van der Waals surface area contributed by atoms with Crippen LogP contribution in [0.15, 0.2) is 24.3 Å². The average molecular weight is 291 g/mol. The fourth-order valence-electron chi connectivity index (χ4n) is 1.98. The summed E-state index contributed by atoms with van der Waals surface area (Å²) in [5.74, 6) is 0. The van der Waals surface area contributed by atoms with E-state index >= 15 is 0 Å². The Labute approximate surface area is 126 Å². The van der Waals surface area contributed by atoms with Gasteiger partial charge in [0.2, 0.25) is 0 Å². The normalized spacial score (nSPS) is 17.7. The van der Waals surface area contributed by atoms with Crippen molar-refractivity contribution >= 4 is 24.4 Å². The summed E-state index contributed by atoms with van der Waals surface area (Å²) < 4.78 is 16.7. The molecule has 0 radical (unpaired) electrons.